The Bertz CT molecular complexity index is 2810. The first-order valence-corrected chi connectivity index (χ1v) is 18.1. The van der Waals surface area contributed by atoms with Crippen molar-refractivity contribution in [1.29, 1.82) is 0 Å². The van der Waals surface area contributed by atoms with E-state index in [-0.39, 0.29) is 12.1 Å². The molecule has 3 aliphatic heterocycles. The Labute approximate surface area is 291 Å². The molecule has 1 unspecified atom stereocenters. The average Bonchev–Trinajstić information content (AvgIpc) is 3.67. The highest BCUT2D eigenvalue weighted by molar-refractivity contribution is 7.00. The Balaban J connectivity index is 1.28. The van der Waals surface area contributed by atoms with Gasteiger partial charge in [0.2, 0.25) is 0 Å². The molecule has 5 heterocycles. The Morgan fingerprint density at radius 2 is 1.22 bits per heavy atom. The molecular formula is C46H34BN3. The van der Waals surface area contributed by atoms with Crippen molar-refractivity contribution in [2.24, 2.45) is 0 Å². The van der Waals surface area contributed by atoms with Crippen LogP contribution in [0.4, 0.5) is 17.1 Å². The van der Waals surface area contributed by atoms with E-state index < -0.39 is 0 Å². The second-order valence-electron chi connectivity index (χ2n) is 15.3. The first kappa shape index (κ1) is 27.1. The molecule has 6 aromatic carbocycles. The van der Waals surface area contributed by atoms with Crippen molar-refractivity contribution in [2.45, 2.75) is 38.5 Å². The van der Waals surface area contributed by atoms with Gasteiger partial charge in [-0.25, -0.2) is 0 Å². The molecule has 0 spiro atoms. The number of benzene rings is 6. The van der Waals surface area contributed by atoms with E-state index in [0.29, 0.717) is 5.92 Å². The standard InChI is InChI=1S/C46H34BN3/c1-27-13-10-24-39-42(27)31-16-12-20-35-45(31)50(39)41-26-28(48-37-22-8-5-17-32(37)46(2,3)33-18-6-9-23-38(33)48)25-40-43(41)47(35)34-19-11-15-30-29-14-4-7-21-36(29)49(40)44(30)34/h4-12,14-27H,13H2,1-3H3. The first-order chi connectivity index (χ1) is 24.5. The minimum Gasteiger partial charge on any atom is -0.310 e. The summed E-state index contributed by atoms with van der Waals surface area (Å²) >= 11 is 0. The molecule has 4 aliphatic rings. The molecule has 0 radical (unpaired) electrons. The van der Waals surface area contributed by atoms with E-state index in [0.717, 1.165) is 6.42 Å². The highest BCUT2D eigenvalue weighted by Crippen LogP contribution is 2.53. The fourth-order valence-electron chi connectivity index (χ4n) is 10.4. The van der Waals surface area contributed by atoms with Crippen LogP contribution in [0.15, 0.2) is 127 Å². The summed E-state index contributed by atoms with van der Waals surface area (Å²) in [7, 11) is 0. The van der Waals surface area contributed by atoms with Crippen LogP contribution in [0.1, 0.15) is 55.5 Å². The summed E-state index contributed by atoms with van der Waals surface area (Å²) < 4.78 is 5.22. The lowest BCUT2D eigenvalue weighted by Crippen LogP contribution is -2.59. The molecule has 2 aromatic heterocycles. The van der Waals surface area contributed by atoms with E-state index in [1.54, 1.807) is 0 Å². The third-order valence-electron chi connectivity index (χ3n) is 12.5. The molecule has 0 saturated carbocycles. The van der Waals surface area contributed by atoms with Crippen LogP contribution >= 0.6 is 0 Å². The fourth-order valence-corrected chi connectivity index (χ4v) is 10.4. The second kappa shape index (κ2) is 9.08. The number of hydrogen-bond acceptors (Lipinski definition) is 1. The van der Waals surface area contributed by atoms with Crippen LogP contribution in [0.5, 0.6) is 0 Å². The highest BCUT2D eigenvalue weighted by Gasteiger charge is 2.43. The summed E-state index contributed by atoms with van der Waals surface area (Å²) in [5, 5.41) is 4.04. The molecule has 0 saturated heterocycles. The van der Waals surface area contributed by atoms with Gasteiger partial charge in [0, 0.05) is 49.7 Å². The Morgan fingerprint density at radius 3 is 1.96 bits per heavy atom. The molecule has 3 nitrogen and oxygen atoms in total. The lowest BCUT2D eigenvalue weighted by Gasteiger charge is -2.43. The van der Waals surface area contributed by atoms with Crippen molar-refractivity contribution in [3.05, 3.63) is 150 Å². The predicted molar refractivity (Wildman–Crippen MR) is 211 cm³/mol. The van der Waals surface area contributed by atoms with Crippen LogP contribution in [-0.4, -0.2) is 15.8 Å². The number of para-hydroxylation sites is 5. The molecule has 0 bridgehead atoms. The molecule has 50 heavy (non-hydrogen) atoms. The van der Waals surface area contributed by atoms with Crippen LogP contribution in [0.2, 0.25) is 0 Å². The second-order valence-corrected chi connectivity index (χ2v) is 15.3. The maximum Gasteiger partial charge on any atom is 0.252 e. The van der Waals surface area contributed by atoms with E-state index in [4.69, 9.17) is 0 Å². The average molecular weight is 640 g/mol. The SMILES string of the molecule is CC1CC=Cc2c1c1cccc3c1n2-c1cc(N2c4ccccc4C(C)(C)c4ccccc42)cc2c1B3c1cccc3c4ccccc4n-2c13. The molecular weight excluding hydrogens is 605 g/mol. The number of aromatic nitrogens is 2. The molecule has 1 atom stereocenters. The highest BCUT2D eigenvalue weighted by atomic mass is 15.2. The lowest BCUT2D eigenvalue weighted by atomic mass is 9.34. The smallest absolute Gasteiger partial charge is 0.252 e. The summed E-state index contributed by atoms with van der Waals surface area (Å²) in [4.78, 5) is 2.54. The zero-order chi connectivity index (χ0) is 33.0. The van der Waals surface area contributed by atoms with Gasteiger partial charge >= 0.3 is 0 Å². The van der Waals surface area contributed by atoms with Gasteiger partial charge in [0.15, 0.2) is 0 Å². The third-order valence-corrected chi connectivity index (χ3v) is 12.5. The van der Waals surface area contributed by atoms with Gasteiger partial charge in [-0.2, -0.15) is 0 Å². The van der Waals surface area contributed by atoms with E-state index in [1.165, 1.54) is 99.9 Å². The number of anilines is 3. The van der Waals surface area contributed by atoms with Crippen molar-refractivity contribution in [2.75, 3.05) is 4.90 Å². The van der Waals surface area contributed by atoms with Crippen molar-refractivity contribution < 1.29 is 0 Å². The lowest BCUT2D eigenvalue weighted by molar-refractivity contribution is 0.632. The van der Waals surface area contributed by atoms with Gasteiger partial charge in [0.25, 0.3) is 6.71 Å². The van der Waals surface area contributed by atoms with Gasteiger partial charge in [-0.3, -0.25) is 0 Å². The van der Waals surface area contributed by atoms with Crippen molar-refractivity contribution >= 4 is 78.9 Å². The Morgan fingerprint density at radius 1 is 0.620 bits per heavy atom. The van der Waals surface area contributed by atoms with E-state index in [2.05, 4.69) is 168 Å². The molecule has 1 aliphatic carbocycles. The van der Waals surface area contributed by atoms with Crippen LogP contribution in [0.3, 0.4) is 0 Å². The van der Waals surface area contributed by atoms with Crippen LogP contribution in [0.25, 0.3) is 50.2 Å². The third kappa shape index (κ3) is 3.06. The van der Waals surface area contributed by atoms with E-state index >= 15 is 0 Å². The van der Waals surface area contributed by atoms with E-state index in [1.807, 2.05) is 0 Å². The Hall–Kier alpha value is -5.74. The monoisotopic (exact) mass is 639 g/mol. The van der Waals surface area contributed by atoms with Crippen LogP contribution < -0.4 is 21.3 Å². The topological polar surface area (TPSA) is 13.1 Å². The molecule has 0 fully saturated rings. The fraction of sp³-hybridized carbons (Fsp3) is 0.130. The van der Waals surface area contributed by atoms with Crippen LogP contribution in [0, 0.1) is 0 Å². The maximum atomic E-state index is 2.63. The number of fused-ring (bicyclic) bond motifs is 12. The summed E-state index contributed by atoms with van der Waals surface area (Å²) in [6, 6.07) is 46.1. The van der Waals surface area contributed by atoms with Gasteiger partial charge < -0.3 is 14.0 Å². The summed E-state index contributed by atoms with van der Waals surface area (Å²) in [5.41, 5.74) is 19.9. The summed E-state index contributed by atoms with van der Waals surface area (Å²) in [6.45, 7) is 7.28. The summed E-state index contributed by atoms with van der Waals surface area (Å²) in [5.74, 6) is 0.464. The zero-order valence-corrected chi connectivity index (χ0v) is 28.4. The minimum atomic E-state index is -0.121. The molecule has 236 valence electrons. The predicted octanol–water partition coefficient (Wildman–Crippen LogP) is 9.50. The van der Waals surface area contributed by atoms with Gasteiger partial charge in [0.1, 0.15) is 0 Å². The number of hydrogen-bond donors (Lipinski definition) is 0. The number of nitrogens with zero attached hydrogens (tertiary/aromatic N) is 3. The van der Waals surface area contributed by atoms with Crippen LogP contribution in [-0.2, 0) is 5.41 Å². The number of rotatable bonds is 1. The summed E-state index contributed by atoms with van der Waals surface area (Å²) in [6.07, 6.45) is 5.85. The van der Waals surface area contributed by atoms with Crippen molar-refractivity contribution in [3.8, 4) is 11.4 Å². The minimum absolute atomic E-state index is 0.121. The quantitative estimate of drug-likeness (QED) is 0.163. The molecule has 4 heteroatoms. The zero-order valence-electron chi connectivity index (χ0n) is 28.4. The number of allylic oxidation sites excluding steroid dienone is 1. The molecule has 12 rings (SSSR count). The van der Waals surface area contributed by atoms with Gasteiger partial charge in [0.05, 0.1) is 22.6 Å². The maximum absolute atomic E-state index is 2.63. The molecule has 0 N–H and O–H groups in total. The van der Waals surface area contributed by atoms with Gasteiger partial charge in [-0.15, -0.1) is 0 Å². The molecule has 8 aromatic rings. The first-order valence-electron chi connectivity index (χ1n) is 18.1. The largest absolute Gasteiger partial charge is 0.310 e. The van der Waals surface area contributed by atoms with Crippen molar-refractivity contribution in [3.63, 3.8) is 0 Å². The van der Waals surface area contributed by atoms with Crippen molar-refractivity contribution in [1.82, 2.24) is 9.13 Å². The normalized spacial score (nSPS) is 17.2. The van der Waals surface area contributed by atoms with E-state index in [9.17, 15) is 0 Å². The Kier molecular flexibility index (Phi) is 4.93. The van der Waals surface area contributed by atoms with Gasteiger partial charge in [-0.05, 0) is 81.8 Å². The molecule has 0 amide bonds. The van der Waals surface area contributed by atoms with Gasteiger partial charge in [-0.1, -0.05) is 118 Å².